The number of sulfone groups is 1. The van der Waals surface area contributed by atoms with Gasteiger partial charge in [0.15, 0.2) is 9.84 Å². The van der Waals surface area contributed by atoms with Crippen LogP contribution in [-0.4, -0.2) is 23.5 Å². The number of hydrogen-bond donors (Lipinski definition) is 1. The van der Waals surface area contributed by atoms with E-state index in [1.807, 2.05) is 0 Å². The Hall–Kier alpha value is -3.01. The van der Waals surface area contributed by atoms with Crippen molar-refractivity contribution in [2.45, 2.75) is 43.1 Å². The third-order valence-corrected chi connectivity index (χ3v) is 7.25. The van der Waals surface area contributed by atoms with Crippen LogP contribution in [0.2, 0.25) is 0 Å². The standard InChI is InChI=1S/C19H21N3O6S/c23-21(24)16-9-10-18(19(12-16)22(25)26)20-15-6-4-5-14(11-15)13-29(27,28)17-7-2-1-3-8-17/h4-6,9-12,17,20H,1-3,7-8,13H2. The molecular formula is C19H21N3O6S. The first kappa shape index (κ1) is 20.7. The second-order valence-corrected chi connectivity index (χ2v) is 9.39. The average Bonchev–Trinajstić information content (AvgIpc) is 2.68. The van der Waals surface area contributed by atoms with Gasteiger partial charge in [-0.25, -0.2) is 8.42 Å². The zero-order valence-electron chi connectivity index (χ0n) is 15.6. The van der Waals surface area contributed by atoms with Gasteiger partial charge in [-0.1, -0.05) is 31.4 Å². The van der Waals surface area contributed by atoms with Crippen LogP contribution < -0.4 is 5.32 Å². The second kappa shape index (κ2) is 8.56. The molecule has 0 aromatic heterocycles. The lowest BCUT2D eigenvalue weighted by molar-refractivity contribution is -0.393. The quantitative estimate of drug-likeness (QED) is 0.516. The molecule has 0 atom stereocenters. The molecule has 0 radical (unpaired) electrons. The summed E-state index contributed by atoms with van der Waals surface area (Å²) in [5, 5.41) is 24.7. The SMILES string of the molecule is O=[N+]([O-])c1ccc(Nc2cccc(CS(=O)(=O)C3CCCCC3)c2)c([N+](=O)[O-])c1. The summed E-state index contributed by atoms with van der Waals surface area (Å²) in [6.45, 7) is 0. The summed E-state index contributed by atoms with van der Waals surface area (Å²) in [5.41, 5.74) is 0.338. The number of nitro benzene ring substituents is 2. The van der Waals surface area contributed by atoms with Crippen molar-refractivity contribution in [3.05, 3.63) is 68.3 Å². The predicted molar refractivity (Wildman–Crippen MR) is 109 cm³/mol. The number of nitrogens with one attached hydrogen (secondary N) is 1. The molecule has 1 saturated carbocycles. The van der Waals surface area contributed by atoms with Crippen LogP contribution in [-0.2, 0) is 15.6 Å². The Kier molecular flexibility index (Phi) is 6.12. The van der Waals surface area contributed by atoms with E-state index >= 15 is 0 Å². The van der Waals surface area contributed by atoms with Crippen LogP contribution in [0.5, 0.6) is 0 Å². The zero-order chi connectivity index (χ0) is 21.0. The molecule has 9 nitrogen and oxygen atoms in total. The second-order valence-electron chi connectivity index (χ2n) is 7.11. The summed E-state index contributed by atoms with van der Waals surface area (Å²) in [6, 6.07) is 9.99. The number of rotatable bonds is 7. The van der Waals surface area contributed by atoms with E-state index in [-0.39, 0.29) is 22.4 Å². The van der Waals surface area contributed by atoms with Crippen LogP contribution in [0.1, 0.15) is 37.7 Å². The molecule has 3 rings (SSSR count). The summed E-state index contributed by atoms with van der Waals surface area (Å²) in [7, 11) is -3.27. The minimum atomic E-state index is -3.27. The normalized spacial score (nSPS) is 15.0. The highest BCUT2D eigenvalue weighted by Gasteiger charge is 2.27. The Bertz CT molecular complexity index is 1030. The van der Waals surface area contributed by atoms with Gasteiger partial charge in [-0.05, 0) is 36.6 Å². The van der Waals surface area contributed by atoms with Crippen molar-refractivity contribution in [2.24, 2.45) is 0 Å². The lowest BCUT2D eigenvalue weighted by atomic mass is 10.0. The van der Waals surface area contributed by atoms with Gasteiger partial charge in [-0.2, -0.15) is 0 Å². The first-order valence-corrected chi connectivity index (χ1v) is 11.0. The summed E-state index contributed by atoms with van der Waals surface area (Å²) in [4.78, 5) is 20.7. The number of anilines is 2. The molecule has 29 heavy (non-hydrogen) atoms. The van der Waals surface area contributed by atoms with Gasteiger partial charge in [0.25, 0.3) is 11.4 Å². The molecule has 1 aliphatic carbocycles. The van der Waals surface area contributed by atoms with Crippen molar-refractivity contribution in [3.63, 3.8) is 0 Å². The van der Waals surface area contributed by atoms with E-state index < -0.39 is 25.4 Å². The van der Waals surface area contributed by atoms with E-state index in [1.165, 1.54) is 12.1 Å². The van der Waals surface area contributed by atoms with Crippen LogP contribution in [0.4, 0.5) is 22.7 Å². The van der Waals surface area contributed by atoms with Crippen LogP contribution >= 0.6 is 0 Å². The van der Waals surface area contributed by atoms with Gasteiger partial charge < -0.3 is 5.32 Å². The molecule has 0 heterocycles. The Balaban J connectivity index is 1.81. The van der Waals surface area contributed by atoms with Crippen LogP contribution in [0.25, 0.3) is 0 Å². The maximum absolute atomic E-state index is 12.7. The average molecular weight is 419 g/mol. The highest BCUT2D eigenvalue weighted by molar-refractivity contribution is 7.91. The monoisotopic (exact) mass is 419 g/mol. The molecule has 154 valence electrons. The molecule has 1 aliphatic rings. The number of benzene rings is 2. The Morgan fingerprint density at radius 3 is 2.34 bits per heavy atom. The molecule has 2 aromatic rings. The largest absolute Gasteiger partial charge is 0.350 e. The number of nitro groups is 2. The molecule has 1 N–H and O–H groups in total. The van der Waals surface area contributed by atoms with Gasteiger partial charge in [-0.15, -0.1) is 0 Å². The van der Waals surface area contributed by atoms with Crippen molar-refractivity contribution in [2.75, 3.05) is 5.32 Å². The van der Waals surface area contributed by atoms with E-state index in [9.17, 15) is 28.6 Å². The fraction of sp³-hybridized carbons (Fsp3) is 0.368. The summed E-state index contributed by atoms with van der Waals surface area (Å²) in [5.74, 6) is -0.0878. The molecule has 2 aromatic carbocycles. The Labute approximate surface area is 168 Å². The smallest absolute Gasteiger partial charge is 0.299 e. The Morgan fingerprint density at radius 1 is 0.966 bits per heavy atom. The Morgan fingerprint density at radius 2 is 1.69 bits per heavy atom. The van der Waals surface area contributed by atoms with E-state index in [1.54, 1.807) is 24.3 Å². The number of hydrogen-bond acceptors (Lipinski definition) is 7. The molecule has 0 spiro atoms. The minimum Gasteiger partial charge on any atom is -0.350 e. The van der Waals surface area contributed by atoms with E-state index in [2.05, 4.69) is 5.32 Å². The molecule has 0 amide bonds. The van der Waals surface area contributed by atoms with Gasteiger partial charge in [-0.3, -0.25) is 20.2 Å². The lowest BCUT2D eigenvalue weighted by Gasteiger charge is -2.21. The van der Waals surface area contributed by atoms with Crippen LogP contribution in [0, 0.1) is 20.2 Å². The van der Waals surface area contributed by atoms with Crippen molar-refractivity contribution in [1.29, 1.82) is 0 Å². The van der Waals surface area contributed by atoms with Crippen molar-refractivity contribution < 1.29 is 18.3 Å². The highest BCUT2D eigenvalue weighted by Crippen LogP contribution is 2.32. The minimum absolute atomic E-state index is 0.0878. The van der Waals surface area contributed by atoms with Crippen molar-refractivity contribution in [1.82, 2.24) is 0 Å². The molecule has 0 bridgehead atoms. The molecule has 1 fully saturated rings. The van der Waals surface area contributed by atoms with Gasteiger partial charge in [0, 0.05) is 11.8 Å². The third-order valence-electron chi connectivity index (χ3n) is 5.02. The van der Waals surface area contributed by atoms with Crippen LogP contribution in [0.15, 0.2) is 42.5 Å². The van der Waals surface area contributed by atoms with Crippen molar-refractivity contribution in [3.8, 4) is 0 Å². The third kappa shape index (κ3) is 5.08. The summed E-state index contributed by atoms with van der Waals surface area (Å²) < 4.78 is 25.4. The number of nitrogens with zero attached hydrogens (tertiary/aromatic N) is 2. The van der Waals surface area contributed by atoms with Crippen LogP contribution in [0.3, 0.4) is 0 Å². The molecule has 0 saturated heterocycles. The van der Waals surface area contributed by atoms with E-state index in [4.69, 9.17) is 0 Å². The highest BCUT2D eigenvalue weighted by atomic mass is 32.2. The first-order valence-electron chi connectivity index (χ1n) is 9.26. The fourth-order valence-electron chi connectivity index (χ4n) is 3.56. The van der Waals surface area contributed by atoms with Crippen molar-refractivity contribution >= 4 is 32.6 Å². The maximum Gasteiger partial charge on any atom is 0.299 e. The van der Waals surface area contributed by atoms with Gasteiger partial charge in [0.1, 0.15) is 5.69 Å². The predicted octanol–water partition coefficient (Wildman–Crippen LogP) is 4.49. The molecule has 10 heteroatoms. The topological polar surface area (TPSA) is 132 Å². The van der Waals surface area contributed by atoms with Gasteiger partial charge in [0.05, 0.1) is 26.9 Å². The summed E-state index contributed by atoms with van der Waals surface area (Å²) >= 11 is 0. The summed E-state index contributed by atoms with van der Waals surface area (Å²) in [6.07, 6.45) is 4.30. The first-order chi connectivity index (χ1) is 13.8. The molecular weight excluding hydrogens is 398 g/mol. The van der Waals surface area contributed by atoms with E-state index in [0.29, 0.717) is 24.1 Å². The fourth-order valence-corrected chi connectivity index (χ4v) is 5.49. The molecule has 0 aliphatic heterocycles. The van der Waals surface area contributed by atoms with Gasteiger partial charge >= 0.3 is 0 Å². The number of non-ortho nitro benzene ring substituents is 1. The van der Waals surface area contributed by atoms with Gasteiger partial charge in [0.2, 0.25) is 0 Å². The maximum atomic E-state index is 12.7. The lowest BCUT2D eigenvalue weighted by Crippen LogP contribution is -2.25. The zero-order valence-corrected chi connectivity index (χ0v) is 16.4. The van der Waals surface area contributed by atoms with E-state index in [0.717, 1.165) is 25.3 Å². The molecule has 0 unspecified atom stereocenters.